The van der Waals surface area contributed by atoms with E-state index >= 15 is 0 Å². The van der Waals surface area contributed by atoms with Crippen molar-refractivity contribution in [2.45, 2.75) is 20.3 Å². The standard InChI is InChI=1S/C9H13Cl/c1-7(2)8-4-3-5-9(10)6-8/h3,5-8H,4H2,1-2H3. The van der Waals surface area contributed by atoms with Gasteiger partial charge in [0, 0.05) is 5.03 Å². The minimum atomic E-state index is 0.650. The van der Waals surface area contributed by atoms with Crippen LogP contribution in [0.15, 0.2) is 23.3 Å². The Morgan fingerprint density at radius 3 is 2.70 bits per heavy atom. The first-order valence-corrected chi connectivity index (χ1v) is 4.12. The fourth-order valence-corrected chi connectivity index (χ4v) is 1.38. The van der Waals surface area contributed by atoms with E-state index in [1.807, 2.05) is 6.08 Å². The van der Waals surface area contributed by atoms with Crippen molar-refractivity contribution in [3.8, 4) is 0 Å². The Morgan fingerprint density at radius 1 is 1.60 bits per heavy atom. The Balaban J connectivity index is 2.60. The topological polar surface area (TPSA) is 0 Å². The lowest BCUT2D eigenvalue weighted by molar-refractivity contribution is 0.467. The van der Waals surface area contributed by atoms with E-state index in [1.54, 1.807) is 0 Å². The van der Waals surface area contributed by atoms with E-state index in [4.69, 9.17) is 11.6 Å². The van der Waals surface area contributed by atoms with Gasteiger partial charge >= 0.3 is 0 Å². The minimum Gasteiger partial charge on any atom is -0.0847 e. The molecule has 0 aromatic rings. The summed E-state index contributed by atoms with van der Waals surface area (Å²) in [7, 11) is 0. The molecule has 1 unspecified atom stereocenters. The van der Waals surface area contributed by atoms with Crippen molar-refractivity contribution >= 4 is 11.6 Å². The van der Waals surface area contributed by atoms with Crippen LogP contribution in [0.1, 0.15) is 20.3 Å². The third-order valence-electron chi connectivity index (χ3n) is 1.91. The first-order chi connectivity index (χ1) is 4.70. The lowest BCUT2D eigenvalue weighted by Crippen LogP contribution is -2.06. The molecular weight excluding hydrogens is 144 g/mol. The van der Waals surface area contributed by atoms with Crippen molar-refractivity contribution in [2.24, 2.45) is 11.8 Å². The molecule has 0 saturated heterocycles. The van der Waals surface area contributed by atoms with Crippen LogP contribution in [0.4, 0.5) is 0 Å². The molecule has 0 aromatic carbocycles. The van der Waals surface area contributed by atoms with E-state index < -0.39 is 0 Å². The summed E-state index contributed by atoms with van der Waals surface area (Å²) in [4.78, 5) is 0. The highest BCUT2D eigenvalue weighted by molar-refractivity contribution is 6.31. The van der Waals surface area contributed by atoms with Gasteiger partial charge in [0.25, 0.3) is 0 Å². The molecule has 0 nitrogen and oxygen atoms in total. The van der Waals surface area contributed by atoms with Crippen molar-refractivity contribution in [3.05, 3.63) is 23.3 Å². The van der Waals surface area contributed by atoms with Gasteiger partial charge in [0.1, 0.15) is 0 Å². The molecule has 1 atom stereocenters. The average molecular weight is 157 g/mol. The van der Waals surface area contributed by atoms with Crippen LogP contribution in [0.25, 0.3) is 0 Å². The number of rotatable bonds is 1. The van der Waals surface area contributed by atoms with Crippen molar-refractivity contribution in [3.63, 3.8) is 0 Å². The first kappa shape index (κ1) is 7.87. The Kier molecular flexibility index (Phi) is 2.56. The zero-order valence-electron chi connectivity index (χ0n) is 6.47. The number of halogens is 1. The van der Waals surface area contributed by atoms with Crippen LogP contribution in [0.5, 0.6) is 0 Å². The molecule has 1 heteroatoms. The third-order valence-corrected chi connectivity index (χ3v) is 2.17. The summed E-state index contributed by atoms with van der Waals surface area (Å²) in [6.45, 7) is 4.45. The van der Waals surface area contributed by atoms with Crippen LogP contribution in [0.2, 0.25) is 0 Å². The van der Waals surface area contributed by atoms with Crippen LogP contribution in [0.3, 0.4) is 0 Å². The lowest BCUT2D eigenvalue weighted by atomic mass is 9.90. The van der Waals surface area contributed by atoms with Crippen molar-refractivity contribution in [2.75, 3.05) is 0 Å². The first-order valence-electron chi connectivity index (χ1n) is 3.74. The van der Waals surface area contributed by atoms with Gasteiger partial charge in [-0.15, -0.1) is 0 Å². The van der Waals surface area contributed by atoms with Crippen LogP contribution in [0, 0.1) is 11.8 Å². The fraction of sp³-hybridized carbons (Fsp3) is 0.556. The molecule has 0 heterocycles. The van der Waals surface area contributed by atoms with Gasteiger partial charge in [0.05, 0.1) is 0 Å². The second kappa shape index (κ2) is 3.25. The van der Waals surface area contributed by atoms with Gasteiger partial charge in [-0.3, -0.25) is 0 Å². The smallest absolute Gasteiger partial charge is 0.0365 e. The Hall–Kier alpha value is -0.230. The van der Waals surface area contributed by atoms with E-state index in [1.165, 1.54) is 0 Å². The zero-order valence-corrected chi connectivity index (χ0v) is 7.23. The Labute approximate surface area is 67.6 Å². The summed E-state index contributed by atoms with van der Waals surface area (Å²) < 4.78 is 0. The number of allylic oxidation sites excluding steroid dienone is 4. The second-order valence-electron chi connectivity index (χ2n) is 3.10. The van der Waals surface area contributed by atoms with Crippen LogP contribution < -0.4 is 0 Å². The van der Waals surface area contributed by atoms with E-state index in [9.17, 15) is 0 Å². The molecular formula is C9H13Cl. The van der Waals surface area contributed by atoms with Crippen molar-refractivity contribution in [1.82, 2.24) is 0 Å². The second-order valence-corrected chi connectivity index (χ2v) is 3.53. The van der Waals surface area contributed by atoms with E-state index in [0.29, 0.717) is 11.8 Å². The summed E-state index contributed by atoms with van der Waals surface area (Å²) in [6.07, 6.45) is 7.41. The van der Waals surface area contributed by atoms with Gasteiger partial charge in [-0.1, -0.05) is 37.6 Å². The summed E-state index contributed by atoms with van der Waals surface area (Å²) in [5.41, 5.74) is 0. The van der Waals surface area contributed by atoms with Crippen molar-refractivity contribution < 1.29 is 0 Å². The van der Waals surface area contributed by atoms with Gasteiger partial charge in [0.2, 0.25) is 0 Å². The maximum Gasteiger partial charge on any atom is 0.0365 e. The molecule has 0 saturated carbocycles. The fourth-order valence-electron chi connectivity index (χ4n) is 1.13. The highest BCUT2D eigenvalue weighted by Gasteiger charge is 2.11. The monoisotopic (exact) mass is 156 g/mol. The van der Waals surface area contributed by atoms with Crippen LogP contribution in [-0.2, 0) is 0 Å². The largest absolute Gasteiger partial charge is 0.0847 e. The molecule has 0 fully saturated rings. The predicted octanol–water partition coefficient (Wildman–Crippen LogP) is 3.34. The minimum absolute atomic E-state index is 0.650. The SMILES string of the molecule is CC(C)C1C=C(Cl)C=CC1. The van der Waals surface area contributed by atoms with Gasteiger partial charge in [-0.2, -0.15) is 0 Å². The maximum atomic E-state index is 5.83. The van der Waals surface area contributed by atoms with Crippen LogP contribution >= 0.6 is 11.6 Å². The van der Waals surface area contributed by atoms with E-state index in [2.05, 4.69) is 26.0 Å². The summed E-state index contributed by atoms with van der Waals surface area (Å²) in [5, 5.41) is 0.893. The molecule has 1 rings (SSSR count). The molecule has 1 aliphatic rings. The predicted molar refractivity (Wildman–Crippen MR) is 46.0 cm³/mol. The molecule has 0 aliphatic heterocycles. The third kappa shape index (κ3) is 1.88. The normalized spacial score (nSPS) is 25.2. The number of hydrogen-bond acceptors (Lipinski definition) is 0. The van der Waals surface area contributed by atoms with Gasteiger partial charge in [-0.05, 0) is 24.3 Å². The van der Waals surface area contributed by atoms with E-state index in [-0.39, 0.29) is 0 Å². The van der Waals surface area contributed by atoms with Crippen molar-refractivity contribution in [1.29, 1.82) is 0 Å². The quantitative estimate of drug-likeness (QED) is 0.546. The summed E-state index contributed by atoms with van der Waals surface area (Å²) in [6, 6.07) is 0. The molecule has 1 aliphatic carbocycles. The van der Waals surface area contributed by atoms with Crippen LogP contribution in [-0.4, -0.2) is 0 Å². The van der Waals surface area contributed by atoms with Gasteiger partial charge < -0.3 is 0 Å². The summed E-state index contributed by atoms with van der Waals surface area (Å²) in [5.74, 6) is 1.36. The lowest BCUT2D eigenvalue weighted by Gasteiger charge is -2.17. The molecule has 0 bridgehead atoms. The number of hydrogen-bond donors (Lipinski definition) is 0. The van der Waals surface area contributed by atoms with E-state index in [0.717, 1.165) is 11.5 Å². The molecule has 0 N–H and O–H groups in total. The maximum absolute atomic E-state index is 5.83. The van der Waals surface area contributed by atoms with Gasteiger partial charge in [-0.25, -0.2) is 0 Å². The molecule has 10 heavy (non-hydrogen) atoms. The molecule has 0 spiro atoms. The highest BCUT2D eigenvalue weighted by atomic mass is 35.5. The molecule has 0 radical (unpaired) electrons. The zero-order chi connectivity index (χ0) is 7.56. The average Bonchev–Trinajstić information content (AvgIpc) is 1.88. The molecule has 0 aromatic heterocycles. The van der Waals surface area contributed by atoms with Gasteiger partial charge in [0.15, 0.2) is 0 Å². The Morgan fingerprint density at radius 2 is 2.30 bits per heavy atom. The summed E-state index contributed by atoms with van der Waals surface area (Å²) >= 11 is 5.83. The molecule has 0 amide bonds. The molecule has 56 valence electrons. The highest BCUT2D eigenvalue weighted by Crippen LogP contribution is 2.24. The Bertz CT molecular complexity index is 166.